The lowest BCUT2D eigenvalue weighted by atomic mass is 10.2. The molecule has 0 radical (unpaired) electrons. The number of guanidine groups is 1. The summed E-state index contributed by atoms with van der Waals surface area (Å²) in [4.78, 5) is 13.7. The largest absolute Gasteiger partial charge is 0.356 e. The van der Waals surface area contributed by atoms with Gasteiger partial charge in [0.2, 0.25) is 0 Å². The lowest BCUT2D eigenvalue weighted by Crippen LogP contribution is -2.46. The van der Waals surface area contributed by atoms with E-state index in [0.717, 1.165) is 24.6 Å². The van der Waals surface area contributed by atoms with Crippen molar-refractivity contribution in [3.05, 3.63) is 30.1 Å². The van der Waals surface area contributed by atoms with Crippen LogP contribution >= 0.6 is 24.0 Å². The molecule has 1 aliphatic rings. The number of hydrogen-bond acceptors (Lipinski definition) is 4. The van der Waals surface area contributed by atoms with Crippen LogP contribution in [0.3, 0.4) is 0 Å². The Morgan fingerprint density at radius 1 is 1.12 bits per heavy atom. The highest BCUT2D eigenvalue weighted by Gasteiger charge is 2.14. The van der Waals surface area contributed by atoms with Crippen molar-refractivity contribution in [1.82, 2.24) is 25.4 Å². The average molecular weight is 460 g/mol. The van der Waals surface area contributed by atoms with Crippen LogP contribution in [0.4, 0.5) is 0 Å². The second kappa shape index (κ2) is 13.3. The molecule has 2 heterocycles. The molecule has 0 saturated carbocycles. The van der Waals surface area contributed by atoms with E-state index in [-0.39, 0.29) is 24.0 Å². The maximum absolute atomic E-state index is 4.30. The molecule has 1 fully saturated rings. The summed E-state index contributed by atoms with van der Waals surface area (Å²) in [6.45, 7) is 11.2. The molecule has 25 heavy (non-hydrogen) atoms. The van der Waals surface area contributed by atoms with Crippen LogP contribution in [0.15, 0.2) is 29.4 Å². The minimum atomic E-state index is 0. The maximum Gasteiger partial charge on any atom is 0.191 e. The van der Waals surface area contributed by atoms with Crippen molar-refractivity contribution in [1.29, 1.82) is 0 Å². The monoisotopic (exact) mass is 460 g/mol. The standard InChI is InChI=1S/C18H32N6.HI/c1-3-23-12-14-24(15-13-23)11-7-6-10-21-18(19-2)22-16-17-8-4-5-9-20-17;/h4-5,8-9H,3,6-7,10-16H2,1-2H3,(H2,19,21,22);1H. The van der Waals surface area contributed by atoms with Gasteiger partial charge in [-0.1, -0.05) is 13.0 Å². The molecule has 0 atom stereocenters. The summed E-state index contributed by atoms with van der Waals surface area (Å²) < 4.78 is 0. The third-order valence-corrected chi connectivity index (χ3v) is 4.49. The summed E-state index contributed by atoms with van der Waals surface area (Å²) in [5.74, 6) is 0.845. The minimum Gasteiger partial charge on any atom is -0.356 e. The maximum atomic E-state index is 4.30. The van der Waals surface area contributed by atoms with E-state index in [9.17, 15) is 0 Å². The van der Waals surface area contributed by atoms with Crippen molar-refractivity contribution in [2.75, 3.05) is 52.9 Å². The molecule has 1 aromatic rings. The first kappa shape index (κ1) is 22.1. The van der Waals surface area contributed by atoms with Crippen LogP contribution in [0, 0.1) is 0 Å². The molecule has 0 bridgehead atoms. The molecule has 1 saturated heterocycles. The SMILES string of the molecule is CCN1CCN(CCCCNC(=NC)NCc2ccccn2)CC1.I. The number of unbranched alkanes of at least 4 members (excludes halogenated alkanes) is 1. The Kier molecular flexibility index (Phi) is 11.8. The Balaban J connectivity index is 0.00000312. The predicted molar refractivity (Wildman–Crippen MR) is 116 cm³/mol. The highest BCUT2D eigenvalue weighted by atomic mass is 127. The van der Waals surface area contributed by atoms with Gasteiger partial charge in [-0.05, 0) is 38.1 Å². The van der Waals surface area contributed by atoms with E-state index in [1.165, 1.54) is 45.7 Å². The topological polar surface area (TPSA) is 55.8 Å². The van der Waals surface area contributed by atoms with Crippen LogP contribution in [0.1, 0.15) is 25.5 Å². The van der Waals surface area contributed by atoms with E-state index in [1.54, 1.807) is 7.05 Å². The third-order valence-electron chi connectivity index (χ3n) is 4.49. The van der Waals surface area contributed by atoms with Gasteiger partial charge < -0.3 is 20.4 Å². The Labute approximate surface area is 169 Å². The molecule has 1 aliphatic heterocycles. The second-order valence-corrected chi connectivity index (χ2v) is 6.16. The van der Waals surface area contributed by atoms with E-state index in [2.05, 4.69) is 37.3 Å². The van der Waals surface area contributed by atoms with Crippen LogP contribution in [0.5, 0.6) is 0 Å². The van der Waals surface area contributed by atoms with Crippen LogP contribution in [-0.2, 0) is 6.54 Å². The zero-order valence-corrected chi connectivity index (χ0v) is 17.9. The number of likely N-dealkylation sites (N-methyl/N-ethyl adjacent to an activating group) is 1. The first-order valence-corrected chi connectivity index (χ1v) is 9.11. The normalized spacial score (nSPS) is 16.3. The number of pyridine rings is 1. The van der Waals surface area contributed by atoms with Gasteiger partial charge in [0.1, 0.15) is 0 Å². The summed E-state index contributed by atoms with van der Waals surface area (Å²) in [6, 6.07) is 5.94. The van der Waals surface area contributed by atoms with Crippen molar-refractivity contribution < 1.29 is 0 Å². The molecule has 2 rings (SSSR count). The van der Waals surface area contributed by atoms with E-state index in [4.69, 9.17) is 0 Å². The van der Waals surface area contributed by atoms with Gasteiger partial charge in [-0.2, -0.15) is 0 Å². The van der Waals surface area contributed by atoms with Crippen LogP contribution in [0.2, 0.25) is 0 Å². The fourth-order valence-corrected chi connectivity index (χ4v) is 2.89. The van der Waals surface area contributed by atoms with Crippen LogP contribution < -0.4 is 10.6 Å². The Hall–Kier alpha value is -0.930. The van der Waals surface area contributed by atoms with E-state index < -0.39 is 0 Å². The number of hydrogen-bond donors (Lipinski definition) is 2. The molecule has 1 aromatic heterocycles. The van der Waals surface area contributed by atoms with Gasteiger partial charge in [-0.15, -0.1) is 24.0 Å². The highest BCUT2D eigenvalue weighted by molar-refractivity contribution is 14.0. The first-order chi connectivity index (χ1) is 11.8. The first-order valence-electron chi connectivity index (χ1n) is 9.11. The van der Waals surface area contributed by atoms with Crippen molar-refractivity contribution in [3.8, 4) is 0 Å². The number of aromatic nitrogens is 1. The quantitative estimate of drug-likeness (QED) is 0.268. The van der Waals surface area contributed by atoms with E-state index >= 15 is 0 Å². The minimum absolute atomic E-state index is 0. The zero-order chi connectivity index (χ0) is 17.0. The third kappa shape index (κ3) is 8.82. The van der Waals surface area contributed by atoms with Crippen molar-refractivity contribution in [3.63, 3.8) is 0 Å². The fraction of sp³-hybridized carbons (Fsp3) is 0.667. The molecule has 0 amide bonds. The van der Waals surface area contributed by atoms with Gasteiger partial charge in [-0.25, -0.2) is 0 Å². The molecule has 142 valence electrons. The van der Waals surface area contributed by atoms with Crippen molar-refractivity contribution >= 4 is 29.9 Å². The van der Waals surface area contributed by atoms with Gasteiger partial charge in [0.15, 0.2) is 5.96 Å². The number of nitrogens with one attached hydrogen (secondary N) is 2. The molecule has 0 unspecified atom stereocenters. The Morgan fingerprint density at radius 3 is 2.52 bits per heavy atom. The molecule has 0 aliphatic carbocycles. The average Bonchev–Trinajstić information content (AvgIpc) is 2.65. The number of aliphatic imine (C=N–C) groups is 1. The van der Waals surface area contributed by atoms with E-state index in [0.29, 0.717) is 6.54 Å². The predicted octanol–water partition coefficient (Wildman–Crippen LogP) is 1.78. The highest BCUT2D eigenvalue weighted by Crippen LogP contribution is 2.02. The lowest BCUT2D eigenvalue weighted by Gasteiger charge is -2.34. The molecule has 0 spiro atoms. The Morgan fingerprint density at radius 2 is 1.88 bits per heavy atom. The second-order valence-electron chi connectivity index (χ2n) is 6.16. The molecular formula is C18H33IN6. The van der Waals surface area contributed by atoms with Crippen molar-refractivity contribution in [2.24, 2.45) is 4.99 Å². The van der Waals surface area contributed by atoms with Crippen LogP contribution in [-0.4, -0.2) is 73.6 Å². The molecule has 7 heteroatoms. The number of rotatable bonds is 8. The number of nitrogens with zero attached hydrogens (tertiary/aromatic N) is 4. The molecule has 2 N–H and O–H groups in total. The zero-order valence-electron chi connectivity index (χ0n) is 15.6. The Bertz CT molecular complexity index is 474. The summed E-state index contributed by atoms with van der Waals surface area (Å²) in [5, 5.41) is 6.68. The number of halogens is 1. The summed E-state index contributed by atoms with van der Waals surface area (Å²) in [6.07, 6.45) is 4.21. The summed E-state index contributed by atoms with van der Waals surface area (Å²) in [5.41, 5.74) is 1.02. The van der Waals surface area contributed by atoms with Gasteiger partial charge in [0, 0.05) is 46.0 Å². The molecular weight excluding hydrogens is 427 g/mol. The van der Waals surface area contributed by atoms with E-state index in [1.807, 2.05) is 24.4 Å². The molecule has 6 nitrogen and oxygen atoms in total. The summed E-state index contributed by atoms with van der Waals surface area (Å²) >= 11 is 0. The lowest BCUT2D eigenvalue weighted by molar-refractivity contribution is 0.136. The summed E-state index contributed by atoms with van der Waals surface area (Å²) in [7, 11) is 1.81. The van der Waals surface area contributed by atoms with Gasteiger partial charge in [0.05, 0.1) is 12.2 Å². The van der Waals surface area contributed by atoms with Gasteiger partial charge in [-0.3, -0.25) is 9.98 Å². The fourth-order valence-electron chi connectivity index (χ4n) is 2.89. The van der Waals surface area contributed by atoms with Gasteiger partial charge in [0.25, 0.3) is 0 Å². The number of piperazine rings is 1. The van der Waals surface area contributed by atoms with Gasteiger partial charge >= 0.3 is 0 Å². The smallest absolute Gasteiger partial charge is 0.191 e. The molecule has 0 aromatic carbocycles. The van der Waals surface area contributed by atoms with Crippen LogP contribution in [0.25, 0.3) is 0 Å². The van der Waals surface area contributed by atoms with Crippen molar-refractivity contribution in [2.45, 2.75) is 26.3 Å².